The van der Waals surface area contributed by atoms with Gasteiger partial charge in [-0.3, -0.25) is 4.98 Å². The molecule has 0 bridgehead atoms. The fourth-order valence-electron chi connectivity index (χ4n) is 2.25. The smallest absolute Gasteiger partial charge is 0.199 e. The van der Waals surface area contributed by atoms with Crippen LogP contribution >= 0.6 is 0 Å². The highest BCUT2D eigenvalue weighted by molar-refractivity contribution is 5.46. The predicted molar refractivity (Wildman–Crippen MR) is 62.9 cm³/mol. The van der Waals surface area contributed by atoms with Gasteiger partial charge in [0.15, 0.2) is 11.5 Å². The van der Waals surface area contributed by atoms with Crippen LogP contribution in [-0.2, 0) is 0 Å². The first-order chi connectivity index (χ1) is 8.36. The number of rotatable bonds is 2. The van der Waals surface area contributed by atoms with Gasteiger partial charge in [0.1, 0.15) is 0 Å². The number of anilines is 1. The number of likely N-dealkylation sites (N-methyl/N-ethyl adjacent to an activating group) is 1. The molecule has 0 aliphatic carbocycles. The molecule has 1 aliphatic heterocycles. The molecule has 90 valence electrons. The average molecular weight is 233 g/mol. The fourth-order valence-corrected chi connectivity index (χ4v) is 2.25. The summed E-state index contributed by atoms with van der Waals surface area (Å²) in [6.45, 7) is 2.10. The van der Waals surface area contributed by atoms with E-state index in [-0.39, 0.29) is 0 Å². The van der Waals surface area contributed by atoms with Gasteiger partial charge in [-0.2, -0.15) is 4.52 Å². The third-order valence-electron chi connectivity index (χ3n) is 3.27. The standard InChI is InChI=1S/C10H15N7/c1-16(8-3-2-4-11-5-8)10-7-12-6-9-13-14-15-17(9)10/h6-8,11H,2-5H2,1H3. The Kier molecular flexibility index (Phi) is 2.60. The summed E-state index contributed by atoms with van der Waals surface area (Å²) in [7, 11) is 2.07. The summed E-state index contributed by atoms with van der Waals surface area (Å²) in [5.41, 5.74) is 0.679. The number of aromatic nitrogens is 5. The minimum atomic E-state index is 0.473. The molecule has 0 aromatic carbocycles. The summed E-state index contributed by atoms with van der Waals surface area (Å²) in [5.74, 6) is 0.932. The Hall–Kier alpha value is -1.76. The zero-order valence-electron chi connectivity index (χ0n) is 9.74. The molecule has 2 aromatic heterocycles. The largest absolute Gasteiger partial charge is 0.354 e. The molecule has 1 unspecified atom stereocenters. The van der Waals surface area contributed by atoms with Crippen molar-refractivity contribution >= 4 is 11.5 Å². The van der Waals surface area contributed by atoms with Crippen LogP contribution in [0.2, 0.25) is 0 Å². The molecular weight excluding hydrogens is 218 g/mol. The van der Waals surface area contributed by atoms with Crippen molar-refractivity contribution in [2.75, 3.05) is 25.0 Å². The third-order valence-corrected chi connectivity index (χ3v) is 3.27. The Labute approximate surface area is 98.8 Å². The van der Waals surface area contributed by atoms with Gasteiger partial charge in [0.2, 0.25) is 0 Å². The first-order valence-corrected chi connectivity index (χ1v) is 5.82. The van der Waals surface area contributed by atoms with Crippen molar-refractivity contribution in [2.45, 2.75) is 18.9 Å². The number of piperidine rings is 1. The van der Waals surface area contributed by atoms with Crippen LogP contribution in [-0.4, -0.2) is 51.2 Å². The minimum Gasteiger partial charge on any atom is -0.354 e. The van der Waals surface area contributed by atoms with Crippen LogP contribution < -0.4 is 10.2 Å². The average Bonchev–Trinajstić information content (AvgIpc) is 2.87. The van der Waals surface area contributed by atoms with Crippen LogP contribution in [0, 0.1) is 0 Å². The lowest BCUT2D eigenvalue weighted by Crippen LogP contribution is -2.44. The summed E-state index contributed by atoms with van der Waals surface area (Å²) in [5, 5.41) is 15.0. The number of nitrogens with zero attached hydrogens (tertiary/aromatic N) is 6. The van der Waals surface area contributed by atoms with E-state index in [4.69, 9.17) is 0 Å². The SMILES string of the molecule is CN(c1cncc2nnnn12)C1CCCNC1. The van der Waals surface area contributed by atoms with E-state index >= 15 is 0 Å². The van der Waals surface area contributed by atoms with Gasteiger partial charge >= 0.3 is 0 Å². The van der Waals surface area contributed by atoms with E-state index in [1.54, 1.807) is 16.9 Å². The molecule has 0 amide bonds. The molecule has 1 aliphatic rings. The normalized spacial score (nSPS) is 20.6. The van der Waals surface area contributed by atoms with Crippen LogP contribution in [0.1, 0.15) is 12.8 Å². The van der Waals surface area contributed by atoms with Gasteiger partial charge in [-0.25, -0.2) is 0 Å². The van der Waals surface area contributed by atoms with Gasteiger partial charge in [-0.1, -0.05) is 0 Å². The Morgan fingerprint density at radius 1 is 1.47 bits per heavy atom. The molecule has 0 spiro atoms. The molecule has 1 N–H and O–H groups in total. The van der Waals surface area contributed by atoms with Crippen molar-refractivity contribution in [1.82, 2.24) is 30.3 Å². The van der Waals surface area contributed by atoms with Crippen LogP contribution in [0.15, 0.2) is 12.4 Å². The molecule has 1 saturated heterocycles. The molecule has 2 aromatic rings. The first-order valence-electron chi connectivity index (χ1n) is 5.82. The van der Waals surface area contributed by atoms with E-state index in [2.05, 4.69) is 37.8 Å². The maximum absolute atomic E-state index is 4.18. The van der Waals surface area contributed by atoms with Gasteiger partial charge in [-0.15, -0.1) is 5.10 Å². The van der Waals surface area contributed by atoms with Crippen LogP contribution in [0.3, 0.4) is 0 Å². The maximum Gasteiger partial charge on any atom is 0.199 e. The van der Waals surface area contributed by atoms with Crippen molar-refractivity contribution in [1.29, 1.82) is 0 Å². The van der Waals surface area contributed by atoms with Gasteiger partial charge < -0.3 is 10.2 Å². The zero-order valence-corrected chi connectivity index (χ0v) is 9.74. The summed E-state index contributed by atoms with van der Waals surface area (Å²) < 4.78 is 1.72. The Balaban J connectivity index is 1.94. The quantitative estimate of drug-likeness (QED) is 0.768. The third kappa shape index (κ3) is 1.82. The van der Waals surface area contributed by atoms with Crippen molar-refractivity contribution in [3.8, 4) is 0 Å². The van der Waals surface area contributed by atoms with E-state index < -0.39 is 0 Å². The lowest BCUT2D eigenvalue weighted by atomic mass is 10.1. The zero-order chi connectivity index (χ0) is 11.7. The first kappa shape index (κ1) is 10.4. The van der Waals surface area contributed by atoms with Gasteiger partial charge in [0, 0.05) is 19.6 Å². The monoisotopic (exact) mass is 233 g/mol. The second-order valence-corrected chi connectivity index (χ2v) is 4.33. The van der Waals surface area contributed by atoms with Crippen molar-refractivity contribution < 1.29 is 0 Å². The molecule has 0 radical (unpaired) electrons. The lowest BCUT2D eigenvalue weighted by molar-refractivity contribution is 0.441. The number of hydrogen-bond acceptors (Lipinski definition) is 6. The molecule has 17 heavy (non-hydrogen) atoms. The van der Waals surface area contributed by atoms with Crippen LogP contribution in [0.25, 0.3) is 5.65 Å². The Bertz CT molecular complexity index is 502. The highest BCUT2D eigenvalue weighted by atomic mass is 15.5. The van der Waals surface area contributed by atoms with E-state index in [0.29, 0.717) is 11.7 Å². The summed E-state index contributed by atoms with van der Waals surface area (Å²) in [6, 6.07) is 0.473. The van der Waals surface area contributed by atoms with Gasteiger partial charge in [-0.05, 0) is 29.8 Å². The molecule has 1 atom stereocenters. The van der Waals surface area contributed by atoms with Crippen molar-refractivity contribution in [2.24, 2.45) is 0 Å². The molecule has 0 saturated carbocycles. The maximum atomic E-state index is 4.18. The minimum absolute atomic E-state index is 0.473. The summed E-state index contributed by atoms with van der Waals surface area (Å²) in [6.07, 6.45) is 5.85. The topological polar surface area (TPSA) is 71.2 Å². The molecule has 3 rings (SSSR count). The van der Waals surface area contributed by atoms with Gasteiger partial charge in [0.25, 0.3) is 0 Å². The fraction of sp³-hybridized carbons (Fsp3) is 0.600. The summed E-state index contributed by atoms with van der Waals surface area (Å²) >= 11 is 0. The highest BCUT2D eigenvalue weighted by Gasteiger charge is 2.20. The second-order valence-electron chi connectivity index (χ2n) is 4.33. The molecule has 7 nitrogen and oxygen atoms in total. The van der Waals surface area contributed by atoms with E-state index in [0.717, 1.165) is 18.9 Å². The number of tetrazole rings is 1. The van der Waals surface area contributed by atoms with E-state index in [1.165, 1.54) is 12.8 Å². The number of fused-ring (bicyclic) bond motifs is 1. The van der Waals surface area contributed by atoms with Crippen LogP contribution in [0.5, 0.6) is 0 Å². The Morgan fingerprint density at radius 2 is 2.41 bits per heavy atom. The number of nitrogens with one attached hydrogen (secondary N) is 1. The van der Waals surface area contributed by atoms with E-state index in [9.17, 15) is 0 Å². The molecule has 7 heteroatoms. The van der Waals surface area contributed by atoms with Crippen molar-refractivity contribution in [3.05, 3.63) is 12.4 Å². The molecular formula is C10H15N7. The second kappa shape index (κ2) is 4.25. The van der Waals surface area contributed by atoms with Gasteiger partial charge in [0.05, 0.1) is 12.4 Å². The Morgan fingerprint density at radius 3 is 3.24 bits per heavy atom. The summed E-state index contributed by atoms with van der Waals surface area (Å²) in [4.78, 5) is 6.37. The van der Waals surface area contributed by atoms with Crippen LogP contribution in [0.4, 0.5) is 5.82 Å². The molecule has 1 fully saturated rings. The van der Waals surface area contributed by atoms with E-state index in [1.807, 2.05) is 0 Å². The lowest BCUT2D eigenvalue weighted by Gasteiger charge is -2.32. The molecule has 3 heterocycles. The number of hydrogen-bond donors (Lipinski definition) is 1. The highest BCUT2D eigenvalue weighted by Crippen LogP contribution is 2.17. The van der Waals surface area contributed by atoms with Crippen molar-refractivity contribution in [3.63, 3.8) is 0 Å². The predicted octanol–water partition coefficient (Wildman–Crippen LogP) is -0.293.